The minimum absolute atomic E-state index is 0.241. The van der Waals surface area contributed by atoms with E-state index in [1.807, 2.05) is 12.1 Å². The fourth-order valence-electron chi connectivity index (χ4n) is 4.98. The number of amides is 2. The van der Waals surface area contributed by atoms with Crippen LogP contribution in [0.3, 0.4) is 0 Å². The van der Waals surface area contributed by atoms with E-state index >= 15 is 0 Å². The number of aryl methyl sites for hydroxylation is 2. The summed E-state index contributed by atoms with van der Waals surface area (Å²) in [6.45, 7) is 6.40. The molecular weight excluding hydrogens is 561 g/mol. The number of carbonyl (C=O) groups is 2. The Kier molecular flexibility index (Phi) is 8.30. The lowest BCUT2D eigenvalue weighted by atomic mass is 10.0. The van der Waals surface area contributed by atoms with E-state index in [9.17, 15) is 22.8 Å². The number of para-hydroxylation sites is 1. The van der Waals surface area contributed by atoms with Crippen molar-refractivity contribution in [1.29, 1.82) is 0 Å². The van der Waals surface area contributed by atoms with Crippen molar-refractivity contribution >= 4 is 34.5 Å². The fourth-order valence-corrected chi connectivity index (χ4v) is 4.98. The van der Waals surface area contributed by atoms with E-state index in [-0.39, 0.29) is 43.1 Å². The van der Waals surface area contributed by atoms with Gasteiger partial charge in [-0.15, -0.1) is 0 Å². The van der Waals surface area contributed by atoms with Crippen molar-refractivity contribution in [1.82, 2.24) is 19.9 Å². The number of benzene rings is 2. The highest BCUT2D eigenvalue weighted by Crippen LogP contribution is 2.40. The van der Waals surface area contributed by atoms with Crippen LogP contribution in [-0.4, -0.2) is 63.6 Å². The van der Waals surface area contributed by atoms with Gasteiger partial charge in [-0.25, -0.2) is 14.8 Å². The number of hydrogen-bond acceptors (Lipinski definition) is 6. The Morgan fingerprint density at radius 3 is 2.40 bits per heavy atom. The predicted molar refractivity (Wildman–Crippen MR) is 157 cm³/mol. The van der Waals surface area contributed by atoms with Crippen molar-refractivity contribution in [3.63, 3.8) is 0 Å². The molecule has 2 aromatic heterocycles. The molecule has 0 unspecified atom stereocenters. The lowest BCUT2D eigenvalue weighted by molar-refractivity contribution is -0.136. The van der Waals surface area contributed by atoms with E-state index in [0.29, 0.717) is 18.5 Å². The van der Waals surface area contributed by atoms with Crippen molar-refractivity contribution in [3.8, 4) is 0 Å². The number of nitrogens with one attached hydrogen (secondary N) is 2. The highest BCUT2D eigenvalue weighted by molar-refractivity contribution is 6.06. The molecule has 5 rings (SSSR count). The van der Waals surface area contributed by atoms with Gasteiger partial charge in [0.2, 0.25) is 0 Å². The molecule has 1 aliphatic rings. The number of aromatic nitrogens is 3. The quantitative estimate of drug-likeness (QED) is 0.281. The molecule has 2 amide bonds. The number of carbonyl (C=O) groups excluding carboxylic acids is 2. The monoisotopic (exact) mass is 594 g/mol. The van der Waals surface area contributed by atoms with Crippen LogP contribution in [0, 0.1) is 0 Å². The van der Waals surface area contributed by atoms with Gasteiger partial charge in [0.05, 0.1) is 28.8 Å². The Labute approximate surface area is 247 Å². The van der Waals surface area contributed by atoms with E-state index in [2.05, 4.69) is 20.3 Å². The molecule has 0 saturated carbocycles. The summed E-state index contributed by atoms with van der Waals surface area (Å²) in [5.41, 5.74) is 1.89. The van der Waals surface area contributed by atoms with Crippen LogP contribution in [-0.2, 0) is 23.8 Å². The Morgan fingerprint density at radius 1 is 0.953 bits per heavy atom. The molecule has 9 nitrogen and oxygen atoms in total. The van der Waals surface area contributed by atoms with E-state index in [4.69, 9.17) is 4.74 Å². The van der Waals surface area contributed by atoms with Gasteiger partial charge < -0.3 is 24.8 Å². The van der Waals surface area contributed by atoms with Crippen LogP contribution >= 0.6 is 0 Å². The SMILES string of the molecule is CC(C)(C)OC(=O)N1CCN(c2cccc(C(F)(F)F)c2NC(=O)c2cccc(CCc3cnc4nc[nH]c4c3)c2)CC1. The molecule has 0 aliphatic carbocycles. The van der Waals surface area contributed by atoms with Crippen molar-refractivity contribution in [2.45, 2.75) is 45.4 Å². The minimum atomic E-state index is -4.69. The molecule has 1 aliphatic heterocycles. The van der Waals surface area contributed by atoms with Crippen molar-refractivity contribution < 1.29 is 27.5 Å². The molecule has 1 saturated heterocycles. The fraction of sp³-hybridized carbons (Fsp3) is 0.355. The van der Waals surface area contributed by atoms with Crippen LogP contribution in [0.15, 0.2) is 61.1 Å². The molecular formula is C31H33F3N6O3. The first-order chi connectivity index (χ1) is 20.4. The summed E-state index contributed by atoms with van der Waals surface area (Å²) in [5, 5.41) is 2.56. The number of halogens is 3. The van der Waals surface area contributed by atoms with Crippen LogP contribution in [0.5, 0.6) is 0 Å². The molecule has 2 aromatic carbocycles. The first-order valence-electron chi connectivity index (χ1n) is 14.0. The number of piperazine rings is 1. The number of aromatic amines is 1. The van der Waals surface area contributed by atoms with E-state index in [0.717, 1.165) is 22.7 Å². The van der Waals surface area contributed by atoms with Crippen LogP contribution in [0.4, 0.5) is 29.3 Å². The molecule has 4 aromatic rings. The molecule has 43 heavy (non-hydrogen) atoms. The third kappa shape index (κ3) is 7.25. The molecule has 0 atom stereocenters. The molecule has 2 N–H and O–H groups in total. The number of alkyl halides is 3. The third-order valence-corrected chi connectivity index (χ3v) is 7.08. The maximum atomic E-state index is 14.1. The zero-order valence-electron chi connectivity index (χ0n) is 24.2. The summed E-state index contributed by atoms with van der Waals surface area (Å²) in [5.74, 6) is -0.646. The third-order valence-electron chi connectivity index (χ3n) is 7.08. The molecule has 1 fully saturated rings. The largest absolute Gasteiger partial charge is 0.444 e. The second-order valence-corrected chi connectivity index (χ2v) is 11.4. The number of nitrogens with zero attached hydrogens (tertiary/aromatic N) is 4. The molecule has 0 bridgehead atoms. The molecule has 3 heterocycles. The number of hydrogen-bond donors (Lipinski definition) is 2. The lowest BCUT2D eigenvalue weighted by Gasteiger charge is -2.37. The highest BCUT2D eigenvalue weighted by Gasteiger charge is 2.36. The summed E-state index contributed by atoms with van der Waals surface area (Å²) in [6.07, 6.45) is -0.568. The number of H-pyrrole nitrogens is 1. The molecule has 0 spiro atoms. The average Bonchev–Trinajstić information content (AvgIpc) is 3.43. The predicted octanol–water partition coefficient (Wildman–Crippen LogP) is 6.07. The van der Waals surface area contributed by atoms with Gasteiger partial charge in [0.15, 0.2) is 5.65 Å². The summed E-state index contributed by atoms with van der Waals surface area (Å²) in [7, 11) is 0. The van der Waals surface area contributed by atoms with Gasteiger partial charge in [-0.3, -0.25) is 4.79 Å². The zero-order chi connectivity index (χ0) is 30.8. The highest BCUT2D eigenvalue weighted by atomic mass is 19.4. The Morgan fingerprint density at radius 2 is 1.67 bits per heavy atom. The van der Waals surface area contributed by atoms with Crippen molar-refractivity contribution in [2.75, 3.05) is 36.4 Å². The number of ether oxygens (including phenoxy) is 1. The topological polar surface area (TPSA) is 103 Å². The molecule has 226 valence electrons. The normalized spacial score (nSPS) is 14.2. The zero-order valence-corrected chi connectivity index (χ0v) is 24.2. The number of rotatable bonds is 6. The van der Waals surface area contributed by atoms with E-state index < -0.39 is 29.3 Å². The molecule has 12 heteroatoms. The van der Waals surface area contributed by atoms with Gasteiger partial charge in [0.25, 0.3) is 5.91 Å². The Bertz CT molecular complexity index is 1620. The van der Waals surface area contributed by atoms with Crippen molar-refractivity contribution in [3.05, 3.63) is 83.3 Å². The second kappa shape index (κ2) is 11.9. The van der Waals surface area contributed by atoms with E-state index in [1.54, 1.807) is 62.5 Å². The van der Waals surface area contributed by atoms with Gasteiger partial charge in [-0.05, 0) is 75.1 Å². The standard InChI is InChI=1S/C31H33F3N6O3/c1-30(2,3)43-29(42)40-14-12-39(13-15-40)25-9-5-8-23(31(32,33)34)26(25)38-28(41)22-7-4-6-20(16-22)10-11-21-17-24-27(35-18-21)37-19-36-24/h4-9,16-19H,10-15H2,1-3H3,(H,38,41)(H,35,36,37). The summed E-state index contributed by atoms with van der Waals surface area (Å²) < 4.78 is 47.8. The maximum Gasteiger partial charge on any atom is 0.418 e. The average molecular weight is 595 g/mol. The minimum Gasteiger partial charge on any atom is -0.444 e. The second-order valence-electron chi connectivity index (χ2n) is 11.4. The Hall–Kier alpha value is -4.61. The number of anilines is 2. The van der Waals surface area contributed by atoms with Crippen LogP contribution < -0.4 is 10.2 Å². The van der Waals surface area contributed by atoms with Crippen LogP contribution in [0.2, 0.25) is 0 Å². The summed E-state index contributed by atoms with van der Waals surface area (Å²) in [6, 6.07) is 12.6. The smallest absolute Gasteiger partial charge is 0.418 e. The van der Waals surface area contributed by atoms with Gasteiger partial charge in [0.1, 0.15) is 5.60 Å². The summed E-state index contributed by atoms with van der Waals surface area (Å²) >= 11 is 0. The summed E-state index contributed by atoms with van der Waals surface area (Å²) in [4.78, 5) is 40.6. The maximum absolute atomic E-state index is 14.1. The van der Waals surface area contributed by atoms with Gasteiger partial charge >= 0.3 is 12.3 Å². The number of pyridine rings is 1. The first kappa shape index (κ1) is 29.9. The van der Waals surface area contributed by atoms with Gasteiger partial charge in [-0.2, -0.15) is 13.2 Å². The number of imidazole rings is 1. The first-order valence-corrected chi connectivity index (χ1v) is 14.0. The molecule has 0 radical (unpaired) electrons. The lowest BCUT2D eigenvalue weighted by Crippen LogP contribution is -2.50. The van der Waals surface area contributed by atoms with E-state index in [1.165, 1.54) is 11.0 Å². The van der Waals surface area contributed by atoms with Gasteiger partial charge in [-0.1, -0.05) is 18.2 Å². The number of fused-ring (bicyclic) bond motifs is 1. The van der Waals surface area contributed by atoms with Crippen LogP contribution in [0.1, 0.15) is 47.8 Å². The van der Waals surface area contributed by atoms with Gasteiger partial charge in [0, 0.05) is 37.9 Å². The Balaban J connectivity index is 1.32. The van der Waals surface area contributed by atoms with Crippen LogP contribution in [0.25, 0.3) is 11.2 Å². The van der Waals surface area contributed by atoms with Crippen molar-refractivity contribution in [2.24, 2.45) is 0 Å².